The largest absolute Gasteiger partial charge is 0.393 e. The summed E-state index contributed by atoms with van der Waals surface area (Å²) in [6.07, 6.45) is 4.30. The van der Waals surface area contributed by atoms with Gasteiger partial charge in [0.15, 0.2) is 0 Å². The standard InChI is InChI=1S/C12H22O3/c1-3-4-5-10-9(2)6-12(15,8-13)7-11(10)14/h5,9,11,13-15H,3-4,6-8H2,1-2H3/b10-5-/t9-,11-,12+/m1/s1. The number of allylic oxidation sites excluding steroid dienone is 1. The Bertz CT molecular complexity index is 221. The molecule has 1 fully saturated rings. The van der Waals surface area contributed by atoms with Gasteiger partial charge in [0.2, 0.25) is 0 Å². The van der Waals surface area contributed by atoms with Crippen molar-refractivity contribution in [1.82, 2.24) is 0 Å². The van der Waals surface area contributed by atoms with Crippen LogP contribution in [0.5, 0.6) is 0 Å². The predicted molar refractivity (Wildman–Crippen MR) is 59.4 cm³/mol. The lowest BCUT2D eigenvalue weighted by atomic mass is 9.74. The van der Waals surface area contributed by atoms with Gasteiger partial charge in [0.25, 0.3) is 0 Å². The number of hydrogen-bond donors (Lipinski definition) is 3. The Morgan fingerprint density at radius 2 is 2.13 bits per heavy atom. The fourth-order valence-electron chi connectivity index (χ4n) is 2.35. The summed E-state index contributed by atoms with van der Waals surface area (Å²) in [5.41, 5.74) is -0.0717. The molecule has 0 aromatic heterocycles. The third-order valence-corrected chi connectivity index (χ3v) is 3.18. The van der Waals surface area contributed by atoms with Crippen LogP contribution in [0.15, 0.2) is 11.6 Å². The molecule has 0 bridgehead atoms. The Kier molecular flexibility index (Phi) is 4.32. The van der Waals surface area contributed by atoms with Crippen molar-refractivity contribution in [2.75, 3.05) is 6.61 Å². The molecule has 3 heteroatoms. The molecule has 1 aliphatic carbocycles. The third kappa shape index (κ3) is 3.03. The molecule has 1 rings (SSSR count). The van der Waals surface area contributed by atoms with Gasteiger partial charge in [0.05, 0.1) is 18.3 Å². The zero-order valence-corrected chi connectivity index (χ0v) is 9.61. The van der Waals surface area contributed by atoms with Gasteiger partial charge in [-0.25, -0.2) is 0 Å². The van der Waals surface area contributed by atoms with Crippen LogP contribution in [0.3, 0.4) is 0 Å². The monoisotopic (exact) mass is 214 g/mol. The first kappa shape index (κ1) is 12.7. The average molecular weight is 214 g/mol. The van der Waals surface area contributed by atoms with E-state index in [1.54, 1.807) is 0 Å². The highest BCUT2D eigenvalue weighted by atomic mass is 16.3. The highest BCUT2D eigenvalue weighted by Crippen LogP contribution is 2.36. The van der Waals surface area contributed by atoms with E-state index < -0.39 is 11.7 Å². The van der Waals surface area contributed by atoms with Gasteiger partial charge in [-0.15, -0.1) is 0 Å². The van der Waals surface area contributed by atoms with Gasteiger partial charge >= 0.3 is 0 Å². The van der Waals surface area contributed by atoms with E-state index in [2.05, 4.69) is 13.0 Å². The minimum absolute atomic E-state index is 0.150. The number of rotatable bonds is 3. The molecule has 3 nitrogen and oxygen atoms in total. The van der Waals surface area contributed by atoms with Crippen molar-refractivity contribution < 1.29 is 15.3 Å². The van der Waals surface area contributed by atoms with Gasteiger partial charge in [-0.2, -0.15) is 0 Å². The molecule has 0 radical (unpaired) electrons. The first-order valence-electron chi connectivity index (χ1n) is 5.73. The highest BCUT2D eigenvalue weighted by Gasteiger charge is 2.39. The van der Waals surface area contributed by atoms with Crippen LogP contribution in [0.2, 0.25) is 0 Å². The molecule has 0 saturated heterocycles. The summed E-state index contributed by atoms with van der Waals surface area (Å²) in [7, 11) is 0. The van der Waals surface area contributed by atoms with Gasteiger partial charge in [0.1, 0.15) is 0 Å². The lowest BCUT2D eigenvalue weighted by molar-refractivity contribution is -0.0732. The summed E-state index contributed by atoms with van der Waals surface area (Å²) < 4.78 is 0. The molecule has 3 atom stereocenters. The third-order valence-electron chi connectivity index (χ3n) is 3.18. The SMILES string of the molecule is CCC/C=C1/[C@H](C)C[C@@](O)(CO)C[C@H]1O. The number of aliphatic hydroxyl groups is 3. The summed E-state index contributed by atoms with van der Waals surface area (Å²) in [5, 5.41) is 28.9. The van der Waals surface area contributed by atoms with Crippen molar-refractivity contribution >= 4 is 0 Å². The van der Waals surface area contributed by atoms with Crippen molar-refractivity contribution in [3.05, 3.63) is 11.6 Å². The topological polar surface area (TPSA) is 60.7 Å². The van der Waals surface area contributed by atoms with E-state index in [9.17, 15) is 10.2 Å². The molecular formula is C12H22O3. The fourth-order valence-corrected chi connectivity index (χ4v) is 2.35. The van der Waals surface area contributed by atoms with Gasteiger partial charge in [0, 0.05) is 6.42 Å². The van der Waals surface area contributed by atoms with Crippen molar-refractivity contribution in [2.24, 2.45) is 5.92 Å². The quantitative estimate of drug-likeness (QED) is 0.619. The summed E-state index contributed by atoms with van der Waals surface area (Å²) in [6.45, 7) is 3.82. The number of hydrogen-bond acceptors (Lipinski definition) is 3. The van der Waals surface area contributed by atoms with Crippen LogP contribution in [0.1, 0.15) is 39.5 Å². The Morgan fingerprint density at radius 1 is 1.47 bits per heavy atom. The van der Waals surface area contributed by atoms with Crippen molar-refractivity contribution in [3.8, 4) is 0 Å². The Hall–Kier alpha value is -0.380. The van der Waals surface area contributed by atoms with Gasteiger partial charge in [-0.3, -0.25) is 0 Å². The van der Waals surface area contributed by atoms with E-state index in [1.807, 2.05) is 6.92 Å². The zero-order valence-electron chi connectivity index (χ0n) is 9.61. The van der Waals surface area contributed by atoms with E-state index in [1.165, 1.54) is 0 Å². The number of aliphatic hydroxyl groups excluding tert-OH is 2. The molecule has 0 aromatic rings. The summed E-state index contributed by atoms with van der Waals surface area (Å²) in [6, 6.07) is 0. The van der Waals surface area contributed by atoms with Crippen LogP contribution in [0.25, 0.3) is 0 Å². The van der Waals surface area contributed by atoms with Crippen molar-refractivity contribution in [1.29, 1.82) is 0 Å². The van der Waals surface area contributed by atoms with Crippen molar-refractivity contribution in [2.45, 2.75) is 51.2 Å². The summed E-state index contributed by atoms with van der Waals surface area (Å²) in [5.74, 6) is 0.150. The molecule has 0 heterocycles. The predicted octanol–water partition coefficient (Wildman–Crippen LogP) is 1.23. The maximum atomic E-state index is 9.93. The zero-order chi connectivity index (χ0) is 11.5. The van der Waals surface area contributed by atoms with Crippen molar-refractivity contribution in [3.63, 3.8) is 0 Å². The molecule has 0 unspecified atom stereocenters. The van der Waals surface area contributed by atoms with Crippen LogP contribution in [0.4, 0.5) is 0 Å². The minimum Gasteiger partial charge on any atom is -0.393 e. The van der Waals surface area contributed by atoms with Crippen LogP contribution in [-0.2, 0) is 0 Å². The second-order valence-electron chi connectivity index (χ2n) is 4.70. The Balaban J connectivity index is 2.72. The fraction of sp³-hybridized carbons (Fsp3) is 0.833. The Morgan fingerprint density at radius 3 is 2.60 bits per heavy atom. The normalized spacial score (nSPS) is 39.7. The van der Waals surface area contributed by atoms with Crippen LogP contribution in [0, 0.1) is 5.92 Å². The lowest BCUT2D eigenvalue weighted by Crippen LogP contribution is -2.44. The van der Waals surface area contributed by atoms with E-state index in [-0.39, 0.29) is 18.9 Å². The molecule has 88 valence electrons. The first-order valence-corrected chi connectivity index (χ1v) is 5.73. The molecule has 0 spiro atoms. The second kappa shape index (κ2) is 5.10. The molecule has 1 saturated carbocycles. The summed E-state index contributed by atoms with van der Waals surface area (Å²) in [4.78, 5) is 0. The van der Waals surface area contributed by atoms with Crippen LogP contribution in [-0.4, -0.2) is 33.6 Å². The van der Waals surface area contributed by atoms with E-state index in [4.69, 9.17) is 5.11 Å². The molecule has 1 aliphatic rings. The molecule has 0 aromatic carbocycles. The first-order chi connectivity index (χ1) is 7.02. The summed E-state index contributed by atoms with van der Waals surface area (Å²) >= 11 is 0. The van der Waals surface area contributed by atoms with E-state index >= 15 is 0 Å². The van der Waals surface area contributed by atoms with Gasteiger partial charge in [-0.1, -0.05) is 26.3 Å². The molecule has 15 heavy (non-hydrogen) atoms. The van der Waals surface area contributed by atoms with Gasteiger partial charge < -0.3 is 15.3 Å². The Labute approximate surface area is 91.4 Å². The van der Waals surface area contributed by atoms with E-state index in [0.29, 0.717) is 6.42 Å². The molecular weight excluding hydrogens is 192 g/mol. The number of unbranched alkanes of at least 4 members (excludes halogenated alkanes) is 1. The molecule has 0 aliphatic heterocycles. The second-order valence-corrected chi connectivity index (χ2v) is 4.70. The lowest BCUT2D eigenvalue weighted by Gasteiger charge is -2.39. The van der Waals surface area contributed by atoms with Crippen LogP contribution >= 0.6 is 0 Å². The minimum atomic E-state index is -1.09. The average Bonchev–Trinajstić information content (AvgIpc) is 2.16. The maximum Gasteiger partial charge on any atom is 0.0910 e. The molecule has 3 N–H and O–H groups in total. The van der Waals surface area contributed by atoms with Gasteiger partial charge in [-0.05, 0) is 24.3 Å². The highest BCUT2D eigenvalue weighted by molar-refractivity contribution is 5.17. The smallest absolute Gasteiger partial charge is 0.0910 e. The van der Waals surface area contributed by atoms with E-state index in [0.717, 1.165) is 18.4 Å². The maximum absolute atomic E-state index is 9.93. The molecule has 0 amide bonds. The van der Waals surface area contributed by atoms with Crippen LogP contribution < -0.4 is 0 Å².